The number of nitrogens with one attached hydrogen (secondary N) is 1. The summed E-state index contributed by atoms with van der Waals surface area (Å²) in [5, 5.41) is 13.5. The van der Waals surface area contributed by atoms with Gasteiger partial charge in [0.25, 0.3) is 0 Å². The first-order valence-corrected chi connectivity index (χ1v) is 6.64. The van der Waals surface area contributed by atoms with Crippen LogP contribution in [0.15, 0.2) is 12.1 Å². The normalized spacial score (nSPS) is 18.8. The third-order valence-electron chi connectivity index (χ3n) is 3.43. The zero-order valence-electron chi connectivity index (χ0n) is 10.4. The van der Waals surface area contributed by atoms with Crippen LogP contribution in [0.25, 0.3) is 0 Å². The maximum absolute atomic E-state index is 14.0. The van der Waals surface area contributed by atoms with E-state index in [1.807, 2.05) is 6.92 Å². The molecular formula is C13H18ClFN2O. The lowest BCUT2D eigenvalue weighted by Gasteiger charge is -2.35. The molecule has 3 nitrogen and oxygen atoms in total. The van der Waals surface area contributed by atoms with Crippen molar-refractivity contribution in [1.82, 2.24) is 10.2 Å². The molecule has 1 aliphatic heterocycles. The van der Waals surface area contributed by atoms with Gasteiger partial charge in [0.2, 0.25) is 0 Å². The van der Waals surface area contributed by atoms with Crippen LogP contribution in [0.2, 0.25) is 5.02 Å². The molecule has 1 saturated heterocycles. The van der Waals surface area contributed by atoms with E-state index in [-0.39, 0.29) is 22.6 Å². The molecule has 0 aromatic heterocycles. The van der Waals surface area contributed by atoms with Crippen LogP contribution in [0.4, 0.5) is 4.39 Å². The van der Waals surface area contributed by atoms with Crippen LogP contribution < -0.4 is 5.32 Å². The first-order valence-electron chi connectivity index (χ1n) is 6.26. The molecule has 0 amide bonds. The van der Waals surface area contributed by atoms with Crippen LogP contribution in [0.1, 0.15) is 24.9 Å². The molecule has 2 rings (SSSR count). The van der Waals surface area contributed by atoms with Crippen molar-refractivity contribution in [1.29, 1.82) is 0 Å². The van der Waals surface area contributed by atoms with Gasteiger partial charge in [0.05, 0.1) is 5.02 Å². The Morgan fingerprint density at radius 1 is 1.44 bits per heavy atom. The van der Waals surface area contributed by atoms with Gasteiger partial charge >= 0.3 is 0 Å². The van der Waals surface area contributed by atoms with E-state index in [1.54, 1.807) is 0 Å². The second-order valence-corrected chi connectivity index (χ2v) is 4.91. The third-order valence-corrected chi connectivity index (χ3v) is 3.73. The molecule has 100 valence electrons. The molecule has 5 heteroatoms. The highest BCUT2D eigenvalue weighted by Gasteiger charge is 2.26. The van der Waals surface area contributed by atoms with Crippen molar-refractivity contribution in [3.05, 3.63) is 28.5 Å². The van der Waals surface area contributed by atoms with Gasteiger partial charge < -0.3 is 10.4 Å². The zero-order chi connectivity index (χ0) is 13.1. The van der Waals surface area contributed by atoms with Crippen molar-refractivity contribution in [2.45, 2.75) is 19.4 Å². The van der Waals surface area contributed by atoms with Crippen molar-refractivity contribution in [2.75, 3.05) is 26.2 Å². The molecule has 1 atom stereocenters. The fraction of sp³-hybridized carbons (Fsp3) is 0.538. The Balaban J connectivity index is 2.34. The number of hydrogen-bond acceptors (Lipinski definition) is 3. The Bertz CT molecular complexity index is 422. The van der Waals surface area contributed by atoms with Crippen LogP contribution >= 0.6 is 11.6 Å². The largest absolute Gasteiger partial charge is 0.506 e. The number of halogens is 2. The van der Waals surface area contributed by atoms with E-state index in [2.05, 4.69) is 10.2 Å². The van der Waals surface area contributed by atoms with Crippen LogP contribution in [-0.4, -0.2) is 36.2 Å². The average molecular weight is 273 g/mol. The Hall–Kier alpha value is -0.840. The quantitative estimate of drug-likeness (QED) is 0.888. The highest BCUT2D eigenvalue weighted by Crippen LogP contribution is 2.37. The van der Waals surface area contributed by atoms with Crippen molar-refractivity contribution in [3.63, 3.8) is 0 Å². The number of phenolic OH excluding ortho intramolecular Hbond substituents is 1. The highest BCUT2D eigenvalue weighted by atomic mass is 35.5. The number of phenols is 1. The Kier molecular flexibility index (Phi) is 4.43. The molecule has 1 heterocycles. The van der Waals surface area contributed by atoms with E-state index in [9.17, 15) is 9.50 Å². The van der Waals surface area contributed by atoms with Crippen LogP contribution in [0.3, 0.4) is 0 Å². The molecule has 0 saturated carbocycles. The molecule has 1 aromatic rings. The van der Waals surface area contributed by atoms with Crippen LogP contribution in [-0.2, 0) is 0 Å². The monoisotopic (exact) mass is 272 g/mol. The van der Waals surface area contributed by atoms with Gasteiger partial charge in [-0.3, -0.25) is 4.90 Å². The number of rotatable bonds is 3. The molecule has 1 aromatic carbocycles. The fourth-order valence-electron chi connectivity index (χ4n) is 2.51. The van der Waals surface area contributed by atoms with E-state index in [4.69, 9.17) is 11.6 Å². The summed E-state index contributed by atoms with van der Waals surface area (Å²) in [6.45, 7) is 5.47. The van der Waals surface area contributed by atoms with Crippen molar-refractivity contribution >= 4 is 11.6 Å². The number of benzene rings is 1. The van der Waals surface area contributed by atoms with E-state index in [0.29, 0.717) is 5.56 Å². The summed E-state index contributed by atoms with van der Waals surface area (Å²) < 4.78 is 14.0. The van der Waals surface area contributed by atoms with Gasteiger partial charge in [-0.2, -0.15) is 0 Å². The molecule has 1 fully saturated rings. The predicted octanol–water partition coefficient (Wildman–Crippen LogP) is 2.54. The van der Waals surface area contributed by atoms with E-state index in [1.165, 1.54) is 12.1 Å². The van der Waals surface area contributed by atoms with Gasteiger partial charge in [-0.1, -0.05) is 18.5 Å². The summed E-state index contributed by atoms with van der Waals surface area (Å²) in [7, 11) is 0. The van der Waals surface area contributed by atoms with Gasteiger partial charge in [0.1, 0.15) is 11.6 Å². The van der Waals surface area contributed by atoms with Gasteiger partial charge in [-0.15, -0.1) is 0 Å². The molecule has 0 radical (unpaired) electrons. The van der Waals surface area contributed by atoms with Crippen molar-refractivity contribution < 1.29 is 9.50 Å². The lowest BCUT2D eigenvalue weighted by atomic mass is 10.00. The van der Waals surface area contributed by atoms with Crippen LogP contribution in [0, 0.1) is 5.82 Å². The SMILES string of the molecule is CC[C@@H](c1c(F)ccc(Cl)c1O)N1CCNCC1. The maximum atomic E-state index is 14.0. The molecule has 0 bridgehead atoms. The molecule has 1 aliphatic rings. The summed E-state index contributed by atoms with van der Waals surface area (Å²) in [6, 6.07) is 2.59. The van der Waals surface area contributed by atoms with E-state index in [0.717, 1.165) is 32.6 Å². The smallest absolute Gasteiger partial charge is 0.141 e. The van der Waals surface area contributed by atoms with E-state index < -0.39 is 0 Å². The summed E-state index contributed by atoms with van der Waals surface area (Å²) in [4.78, 5) is 2.19. The Morgan fingerprint density at radius 2 is 2.11 bits per heavy atom. The van der Waals surface area contributed by atoms with Gasteiger partial charge in [0.15, 0.2) is 0 Å². The van der Waals surface area contributed by atoms with E-state index >= 15 is 0 Å². The summed E-state index contributed by atoms with van der Waals surface area (Å²) in [5.41, 5.74) is 0.326. The highest BCUT2D eigenvalue weighted by molar-refractivity contribution is 6.32. The minimum atomic E-state index is -0.387. The first kappa shape index (κ1) is 13.6. The second kappa shape index (κ2) is 5.87. The minimum Gasteiger partial charge on any atom is -0.506 e. The summed E-state index contributed by atoms with van der Waals surface area (Å²) in [6.07, 6.45) is 0.741. The topological polar surface area (TPSA) is 35.5 Å². The predicted molar refractivity (Wildman–Crippen MR) is 70.5 cm³/mol. The summed E-state index contributed by atoms with van der Waals surface area (Å²) >= 11 is 5.88. The first-order chi connectivity index (χ1) is 8.65. The average Bonchev–Trinajstić information content (AvgIpc) is 2.40. The molecule has 2 N–H and O–H groups in total. The van der Waals surface area contributed by atoms with Gasteiger partial charge in [-0.05, 0) is 18.6 Å². The van der Waals surface area contributed by atoms with Crippen molar-refractivity contribution in [3.8, 4) is 5.75 Å². The number of hydrogen-bond donors (Lipinski definition) is 2. The Labute approximate surface area is 112 Å². The number of piperazine rings is 1. The van der Waals surface area contributed by atoms with Crippen LogP contribution in [0.5, 0.6) is 5.75 Å². The molecular weight excluding hydrogens is 255 g/mol. The third kappa shape index (κ3) is 2.60. The lowest BCUT2D eigenvalue weighted by Crippen LogP contribution is -2.45. The van der Waals surface area contributed by atoms with Gasteiger partial charge in [0, 0.05) is 37.8 Å². The molecule has 18 heavy (non-hydrogen) atoms. The maximum Gasteiger partial charge on any atom is 0.141 e. The molecule has 0 unspecified atom stereocenters. The fourth-order valence-corrected chi connectivity index (χ4v) is 2.68. The standard InChI is InChI=1S/C13H18ClFN2O/c1-2-11(17-7-5-16-6-8-17)12-10(15)4-3-9(14)13(12)18/h3-4,11,16,18H,2,5-8H2,1H3/t11-/m0/s1. The van der Waals surface area contributed by atoms with Crippen molar-refractivity contribution in [2.24, 2.45) is 0 Å². The number of aromatic hydroxyl groups is 1. The zero-order valence-corrected chi connectivity index (χ0v) is 11.2. The van der Waals surface area contributed by atoms with Gasteiger partial charge in [-0.25, -0.2) is 4.39 Å². The lowest BCUT2D eigenvalue weighted by molar-refractivity contribution is 0.163. The molecule has 0 aliphatic carbocycles. The number of nitrogens with zero attached hydrogens (tertiary/aromatic N) is 1. The summed E-state index contributed by atoms with van der Waals surface area (Å²) in [5.74, 6) is -0.510. The minimum absolute atomic E-state index is 0.120. The molecule has 0 spiro atoms. The Morgan fingerprint density at radius 3 is 2.72 bits per heavy atom. The second-order valence-electron chi connectivity index (χ2n) is 4.50.